The number of piperazine rings is 1. The molecule has 1 aliphatic rings. The van der Waals surface area contributed by atoms with Gasteiger partial charge in [-0.3, -0.25) is 4.79 Å². The van der Waals surface area contributed by atoms with Crippen LogP contribution in [0.15, 0.2) is 40.8 Å². The first-order chi connectivity index (χ1) is 10.1. The highest BCUT2D eigenvalue weighted by molar-refractivity contribution is 5.92. The predicted molar refractivity (Wildman–Crippen MR) is 84.7 cm³/mol. The summed E-state index contributed by atoms with van der Waals surface area (Å²) >= 11 is 0. The fraction of sp³-hybridized carbons (Fsp3) is 0.312. The third-order valence-electron chi connectivity index (χ3n) is 3.71. The van der Waals surface area contributed by atoms with Gasteiger partial charge in [-0.15, -0.1) is 12.4 Å². The molecule has 22 heavy (non-hydrogen) atoms. The van der Waals surface area contributed by atoms with Crippen LogP contribution in [0, 0.1) is 5.82 Å². The van der Waals surface area contributed by atoms with E-state index in [-0.39, 0.29) is 30.2 Å². The molecule has 0 aliphatic carbocycles. The second-order valence-corrected chi connectivity index (χ2v) is 5.22. The van der Waals surface area contributed by atoms with Gasteiger partial charge in [-0.05, 0) is 43.3 Å². The molecule has 2 aromatic rings. The topological polar surface area (TPSA) is 45.5 Å². The molecule has 0 bridgehead atoms. The van der Waals surface area contributed by atoms with Crippen molar-refractivity contribution in [3.05, 3.63) is 48.0 Å². The average molecular weight is 325 g/mol. The largest absolute Gasteiger partial charge is 0.451 e. The number of hydrogen-bond acceptors (Lipinski definition) is 3. The second-order valence-electron chi connectivity index (χ2n) is 5.22. The number of amides is 1. The standard InChI is InChI=1S/C16H17FN2O2.ClH/c1-11-10-18-8-9-19(11)16(20)15-7-6-14(21-15)12-2-4-13(17)5-3-12;/h2-7,11,18H,8-10H2,1H3;1H/t11-;/m1./s1. The van der Waals surface area contributed by atoms with Crippen molar-refractivity contribution in [3.8, 4) is 11.3 Å². The highest BCUT2D eigenvalue weighted by atomic mass is 35.5. The molecule has 0 unspecified atom stereocenters. The van der Waals surface area contributed by atoms with Crippen molar-refractivity contribution >= 4 is 18.3 Å². The molecule has 1 aromatic carbocycles. The zero-order valence-electron chi connectivity index (χ0n) is 12.2. The zero-order chi connectivity index (χ0) is 14.8. The van der Waals surface area contributed by atoms with Gasteiger partial charge >= 0.3 is 0 Å². The lowest BCUT2D eigenvalue weighted by atomic mass is 10.2. The average Bonchev–Trinajstić information content (AvgIpc) is 2.98. The summed E-state index contributed by atoms with van der Waals surface area (Å²) in [5.41, 5.74) is 0.754. The number of carbonyl (C=O) groups is 1. The van der Waals surface area contributed by atoms with Crippen LogP contribution in [-0.2, 0) is 0 Å². The molecule has 2 heterocycles. The summed E-state index contributed by atoms with van der Waals surface area (Å²) < 4.78 is 18.6. The van der Waals surface area contributed by atoms with E-state index < -0.39 is 0 Å². The third-order valence-corrected chi connectivity index (χ3v) is 3.71. The first-order valence-electron chi connectivity index (χ1n) is 7.02. The Kier molecular flexibility index (Phi) is 5.21. The van der Waals surface area contributed by atoms with E-state index in [9.17, 15) is 9.18 Å². The Morgan fingerprint density at radius 2 is 2.00 bits per heavy atom. The number of furan rings is 1. The highest BCUT2D eigenvalue weighted by Gasteiger charge is 2.26. The Balaban J connectivity index is 0.00000176. The summed E-state index contributed by atoms with van der Waals surface area (Å²) in [5, 5.41) is 3.25. The normalized spacial score (nSPS) is 17.9. The van der Waals surface area contributed by atoms with Gasteiger partial charge in [0.2, 0.25) is 0 Å². The van der Waals surface area contributed by atoms with Gasteiger partial charge < -0.3 is 14.6 Å². The molecule has 1 saturated heterocycles. The van der Waals surface area contributed by atoms with Crippen LogP contribution in [0.4, 0.5) is 4.39 Å². The number of benzene rings is 1. The fourth-order valence-electron chi connectivity index (χ4n) is 2.51. The minimum Gasteiger partial charge on any atom is -0.451 e. The minimum atomic E-state index is -0.295. The Labute approximate surface area is 134 Å². The SMILES string of the molecule is C[C@@H]1CNCCN1C(=O)c1ccc(-c2ccc(F)cc2)o1.Cl. The maximum atomic E-state index is 12.9. The van der Waals surface area contributed by atoms with Gasteiger partial charge in [0.1, 0.15) is 11.6 Å². The molecule has 1 atom stereocenters. The smallest absolute Gasteiger partial charge is 0.289 e. The molecule has 3 rings (SSSR count). The van der Waals surface area contributed by atoms with Crippen molar-refractivity contribution in [3.63, 3.8) is 0 Å². The maximum absolute atomic E-state index is 12.9. The lowest BCUT2D eigenvalue weighted by Crippen LogP contribution is -2.52. The lowest BCUT2D eigenvalue weighted by molar-refractivity contribution is 0.0624. The molecular weight excluding hydrogens is 307 g/mol. The van der Waals surface area contributed by atoms with E-state index in [2.05, 4.69) is 5.32 Å². The molecule has 1 fully saturated rings. The molecule has 1 N–H and O–H groups in total. The van der Waals surface area contributed by atoms with E-state index in [1.54, 1.807) is 24.3 Å². The van der Waals surface area contributed by atoms with Crippen LogP contribution in [-0.4, -0.2) is 36.5 Å². The van der Waals surface area contributed by atoms with Crippen LogP contribution >= 0.6 is 12.4 Å². The summed E-state index contributed by atoms with van der Waals surface area (Å²) in [4.78, 5) is 14.3. The third kappa shape index (κ3) is 3.31. The number of nitrogens with one attached hydrogen (secondary N) is 1. The van der Waals surface area contributed by atoms with Gasteiger partial charge in [0.05, 0.1) is 0 Å². The molecule has 0 radical (unpaired) electrons. The molecule has 1 aromatic heterocycles. The van der Waals surface area contributed by atoms with Crippen LogP contribution < -0.4 is 5.32 Å². The van der Waals surface area contributed by atoms with Crippen LogP contribution in [0.2, 0.25) is 0 Å². The van der Waals surface area contributed by atoms with Gasteiger partial charge in [-0.1, -0.05) is 0 Å². The van der Waals surface area contributed by atoms with E-state index in [0.717, 1.165) is 18.7 Å². The van der Waals surface area contributed by atoms with Crippen LogP contribution in [0.3, 0.4) is 0 Å². The summed E-state index contributed by atoms with van der Waals surface area (Å²) in [6.45, 7) is 4.26. The van der Waals surface area contributed by atoms with Crippen LogP contribution in [0.1, 0.15) is 17.5 Å². The van der Waals surface area contributed by atoms with Gasteiger partial charge in [0, 0.05) is 31.2 Å². The van der Waals surface area contributed by atoms with Crippen molar-refractivity contribution in [2.24, 2.45) is 0 Å². The summed E-state index contributed by atoms with van der Waals surface area (Å²) in [7, 11) is 0. The van der Waals surface area contributed by atoms with Crippen molar-refractivity contribution < 1.29 is 13.6 Å². The van der Waals surface area contributed by atoms with E-state index in [1.807, 2.05) is 11.8 Å². The Morgan fingerprint density at radius 3 is 2.68 bits per heavy atom. The zero-order valence-corrected chi connectivity index (χ0v) is 13.0. The molecule has 0 saturated carbocycles. The van der Waals surface area contributed by atoms with Crippen molar-refractivity contribution in [2.75, 3.05) is 19.6 Å². The summed E-state index contributed by atoms with van der Waals surface area (Å²) in [5.74, 6) is 0.498. The molecule has 118 valence electrons. The quantitative estimate of drug-likeness (QED) is 0.924. The van der Waals surface area contributed by atoms with E-state index in [1.165, 1.54) is 12.1 Å². The van der Waals surface area contributed by atoms with E-state index in [4.69, 9.17) is 4.42 Å². The number of carbonyl (C=O) groups excluding carboxylic acids is 1. The molecule has 1 amide bonds. The van der Waals surface area contributed by atoms with Gasteiger partial charge in [0.15, 0.2) is 5.76 Å². The minimum absolute atomic E-state index is 0. The van der Waals surface area contributed by atoms with Crippen molar-refractivity contribution in [1.82, 2.24) is 10.2 Å². The summed E-state index contributed by atoms with van der Waals surface area (Å²) in [6.07, 6.45) is 0. The van der Waals surface area contributed by atoms with Crippen molar-refractivity contribution in [1.29, 1.82) is 0 Å². The van der Waals surface area contributed by atoms with E-state index >= 15 is 0 Å². The number of hydrogen-bond donors (Lipinski definition) is 1. The molecule has 4 nitrogen and oxygen atoms in total. The number of rotatable bonds is 2. The monoisotopic (exact) mass is 324 g/mol. The maximum Gasteiger partial charge on any atom is 0.289 e. The predicted octanol–water partition coefficient (Wildman–Crippen LogP) is 2.94. The van der Waals surface area contributed by atoms with E-state index in [0.29, 0.717) is 18.1 Å². The van der Waals surface area contributed by atoms with Gasteiger partial charge in [-0.2, -0.15) is 0 Å². The van der Waals surface area contributed by atoms with Crippen LogP contribution in [0.5, 0.6) is 0 Å². The Morgan fingerprint density at radius 1 is 1.27 bits per heavy atom. The molecule has 0 spiro atoms. The first-order valence-corrected chi connectivity index (χ1v) is 7.02. The Bertz CT molecular complexity index is 642. The van der Waals surface area contributed by atoms with Crippen molar-refractivity contribution in [2.45, 2.75) is 13.0 Å². The highest BCUT2D eigenvalue weighted by Crippen LogP contribution is 2.23. The van der Waals surface area contributed by atoms with Crippen LogP contribution in [0.25, 0.3) is 11.3 Å². The van der Waals surface area contributed by atoms with Gasteiger partial charge in [-0.25, -0.2) is 4.39 Å². The summed E-state index contributed by atoms with van der Waals surface area (Å²) in [6, 6.07) is 9.58. The number of halogens is 2. The molecular formula is C16H18ClFN2O2. The Hall–Kier alpha value is -1.85. The molecule has 6 heteroatoms. The second kappa shape index (κ2) is 6.94. The number of nitrogens with zero attached hydrogens (tertiary/aromatic N) is 1. The lowest BCUT2D eigenvalue weighted by Gasteiger charge is -2.33. The fourth-order valence-corrected chi connectivity index (χ4v) is 2.51. The van der Waals surface area contributed by atoms with Gasteiger partial charge in [0.25, 0.3) is 5.91 Å². The first kappa shape index (κ1) is 16.5. The molecule has 1 aliphatic heterocycles.